The third-order valence-electron chi connectivity index (χ3n) is 7.72. The number of esters is 2. The van der Waals surface area contributed by atoms with Crippen molar-refractivity contribution in [2.45, 2.75) is 96.7 Å². The zero-order valence-electron chi connectivity index (χ0n) is 15.7. The van der Waals surface area contributed by atoms with E-state index in [1.807, 2.05) is 0 Å². The van der Waals surface area contributed by atoms with Crippen molar-refractivity contribution in [2.75, 3.05) is 0 Å². The molecule has 3 aliphatic carbocycles. The summed E-state index contributed by atoms with van der Waals surface area (Å²) in [4.78, 5) is 25.6. The van der Waals surface area contributed by atoms with Crippen LogP contribution in [-0.4, -0.2) is 24.1 Å². The highest BCUT2D eigenvalue weighted by molar-refractivity contribution is 5.76. The SMILES string of the molecule is CC1(C)C2CC3(CCCCC3)CC1OC(=O)C1CCC(CC1)C(=O)O2. The van der Waals surface area contributed by atoms with Crippen LogP contribution in [-0.2, 0) is 19.1 Å². The van der Waals surface area contributed by atoms with Gasteiger partial charge in [0.05, 0.1) is 11.8 Å². The summed E-state index contributed by atoms with van der Waals surface area (Å²) in [5.41, 5.74) is -0.117. The number of ether oxygens (including phenoxy) is 2. The molecule has 4 heteroatoms. The van der Waals surface area contributed by atoms with E-state index >= 15 is 0 Å². The lowest BCUT2D eigenvalue weighted by molar-refractivity contribution is -0.195. The second-order valence-electron chi connectivity index (χ2n) is 9.69. The van der Waals surface area contributed by atoms with Gasteiger partial charge in [0.25, 0.3) is 0 Å². The Hall–Kier alpha value is -1.06. The smallest absolute Gasteiger partial charge is 0.309 e. The molecule has 3 saturated carbocycles. The first-order valence-electron chi connectivity index (χ1n) is 10.3. The molecule has 2 heterocycles. The summed E-state index contributed by atoms with van der Waals surface area (Å²) >= 11 is 0. The summed E-state index contributed by atoms with van der Waals surface area (Å²) in [7, 11) is 0. The molecule has 2 atom stereocenters. The Balaban J connectivity index is 1.68. The summed E-state index contributed by atoms with van der Waals surface area (Å²) in [6, 6.07) is 0. The molecule has 2 unspecified atom stereocenters. The fourth-order valence-electron chi connectivity index (χ4n) is 5.74. The normalized spacial score (nSPS) is 40.1. The van der Waals surface area contributed by atoms with E-state index in [4.69, 9.17) is 9.47 Å². The summed E-state index contributed by atoms with van der Waals surface area (Å²) in [5.74, 6) is -0.115. The number of carbonyl (C=O) groups is 2. The largest absolute Gasteiger partial charge is 0.461 e. The zero-order chi connectivity index (χ0) is 17.7. The van der Waals surface area contributed by atoms with Gasteiger partial charge in [-0.1, -0.05) is 33.1 Å². The van der Waals surface area contributed by atoms with E-state index in [0.717, 1.165) is 38.5 Å². The van der Waals surface area contributed by atoms with Gasteiger partial charge >= 0.3 is 11.9 Å². The van der Waals surface area contributed by atoms with E-state index in [9.17, 15) is 9.59 Å². The highest BCUT2D eigenvalue weighted by atomic mass is 16.6. The lowest BCUT2D eigenvalue weighted by atomic mass is 9.57. The van der Waals surface area contributed by atoms with Gasteiger partial charge < -0.3 is 9.47 Å². The molecule has 140 valence electrons. The second-order valence-corrected chi connectivity index (χ2v) is 9.69. The predicted molar refractivity (Wildman–Crippen MR) is 93.7 cm³/mol. The topological polar surface area (TPSA) is 52.6 Å². The fraction of sp³-hybridized carbons (Fsp3) is 0.905. The van der Waals surface area contributed by atoms with Crippen LogP contribution in [0.1, 0.15) is 84.5 Å². The third-order valence-corrected chi connectivity index (χ3v) is 7.72. The molecule has 5 fully saturated rings. The minimum atomic E-state index is -0.308. The van der Waals surface area contributed by atoms with Crippen molar-refractivity contribution in [2.24, 2.45) is 22.7 Å². The minimum Gasteiger partial charge on any atom is -0.461 e. The minimum absolute atomic E-state index is 0.0272. The molecular formula is C21H32O4. The van der Waals surface area contributed by atoms with E-state index in [1.54, 1.807) is 0 Å². The summed E-state index contributed by atoms with van der Waals surface area (Å²) in [5, 5.41) is 0. The van der Waals surface area contributed by atoms with Crippen LogP contribution < -0.4 is 0 Å². The average molecular weight is 348 g/mol. The van der Waals surface area contributed by atoms with Crippen LogP contribution in [0.15, 0.2) is 0 Å². The van der Waals surface area contributed by atoms with Gasteiger partial charge in [-0.3, -0.25) is 9.59 Å². The zero-order valence-corrected chi connectivity index (χ0v) is 15.7. The van der Waals surface area contributed by atoms with Gasteiger partial charge in [0.1, 0.15) is 12.2 Å². The molecule has 0 aromatic carbocycles. The molecule has 0 aromatic heterocycles. The van der Waals surface area contributed by atoms with Crippen molar-refractivity contribution < 1.29 is 19.1 Å². The van der Waals surface area contributed by atoms with Gasteiger partial charge in [0.15, 0.2) is 0 Å². The van der Waals surface area contributed by atoms with E-state index in [2.05, 4.69) is 13.8 Å². The molecule has 4 bridgehead atoms. The van der Waals surface area contributed by atoms with Crippen molar-refractivity contribution in [3.05, 3.63) is 0 Å². The molecule has 5 aliphatic rings. The average Bonchev–Trinajstić information content (AvgIpc) is 2.61. The Morgan fingerprint density at radius 2 is 1.20 bits per heavy atom. The number of hydrogen-bond acceptors (Lipinski definition) is 4. The van der Waals surface area contributed by atoms with Crippen LogP contribution in [0.5, 0.6) is 0 Å². The molecule has 2 saturated heterocycles. The summed E-state index contributed by atoms with van der Waals surface area (Å²) in [6.07, 6.45) is 10.8. The van der Waals surface area contributed by atoms with Crippen LogP contribution in [0.3, 0.4) is 0 Å². The van der Waals surface area contributed by atoms with Crippen molar-refractivity contribution in [1.29, 1.82) is 0 Å². The van der Waals surface area contributed by atoms with Gasteiger partial charge in [-0.15, -0.1) is 0 Å². The Morgan fingerprint density at radius 1 is 0.760 bits per heavy atom. The molecule has 0 aromatic rings. The number of rotatable bonds is 0. The molecule has 0 radical (unpaired) electrons. The van der Waals surface area contributed by atoms with Crippen LogP contribution in [0, 0.1) is 22.7 Å². The molecular weight excluding hydrogens is 316 g/mol. The maximum Gasteiger partial charge on any atom is 0.309 e. The molecule has 5 rings (SSSR count). The lowest BCUT2D eigenvalue weighted by Gasteiger charge is -2.53. The number of carbonyl (C=O) groups excluding carboxylic acids is 2. The fourth-order valence-corrected chi connectivity index (χ4v) is 5.74. The van der Waals surface area contributed by atoms with Gasteiger partial charge in [-0.2, -0.15) is 0 Å². The first kappa shape index (κ1) is 17.4. The Bertz CT molecular complexity index is 498. The lowest BCUT2D eigenvalue weighted by Crippen LogP contribution is -2.54. The first-order chi connectivity index (χ1) is 11.9. The maximum atomic E-state index is 12.8. The van der Waals surface area contributed by atoms with Crippen LogP contribution >= 0.6 is 0 Å². The third kappa shape index (κ3) is 3.10. The number of hydrogen-bond donors (Lipinski definition) is 0. The van der Waals surface area contributed by atoms with Crippen molar-refractivity contribution >= 4 is 11.9 Å². The van der Waals surface area contributed by atoms with Crippen LogP contribution in [0.25, 0.3) is 0 Å². The maximum absolute atomic E-state index is 12.8. The summed E-state index contributed by atoms with van der Waals surface area (Å²) < 4.78 is 12.3. The molecule has 2 aliphatic heterocycles. The van der Waals surface area contributed by atoms with Crippen molar-refractivity contribution in [3.8, 4) is 0 Å². The molecule has 0 amide bonds. The Kier molecular flexibility index (Phi) is 4.36. The monoisotopic (exact) mass is 348 g/mol. The van der Waals surface area contributed by atoms with E-state index in [0.29, 0.717) is 0 Å². The Morgan fingerprint density at radius 3 is 1.64 bits per heavy atom. The van der Waals surface area contributed by atoms with Gasteiger partial charge in [-0.25, -0.2) is 0 Å². The molecule has 0 N–H and O–H groups in total. The first-order valence-corrected chi connectivity index (χ1v) is 10.3. The highest BCUT2D eigenvalue weighted by Gasteiger charge is 2.54. The van der Waals surface area contributed by atoms with E-state index in [-0.39, 0.29) is 46.8 Å². The van der Waals surface area contributed by atoms with Gasteiger partial charge in [-0.05, 0) is 56.8 Å². The molecule has 1 spiro atoms. The van der Waals surface area contributed by atoms with Gasteiger partial charge in [0.2, 0.25) is 0 Å². The van der Waals surface area contributed by atoms with Crippen LogP contribution in [0.4, 0.5) is 0 Å². The molecule has 25 heavy (non-hydrogen) atoms. The Labute approximate surface area is 151 Å². The highest BCUT2D eigenvalue weighted by Crippen LogP contribution is 2.55. The predicted octanol–water partition coefficient (Wildman–Crippen LogP) is 4.40. The second kappa shape index (κ2) is 6.28. The van der Waals surface area contributed by atoms with E-state index in [1.165, 1.54) is 32.1 Å². The molecule has 4 nitrogen and oxygen atoms in total. The number of fused-ring (bicyclic) bond motifs is 4. The van der Waals surface area contributed by atoms with Crippen molar-refractivity contribution in [3.63, 3.8) is 0 Å². The standard InChI is InChI=1S/C21H32O4/c1-20(2)16-12-21(10-4-3-5-11-21)13-17(20)25-19(23)15-7-6-14(8-9-15)18(22)24-16/h14-17H,3-13H2,1-2H3. The quantitative estimate of drug-likeness (QED) is 0.609. The van der Waals surface area contributed by atoms with Gasteiger partial charge in [0, 0.05) is 5.41 Å². The van der Waals surface area contributed by atoms with Crippen molar-refractivity contribution in [1.82, 2.24) is 0 Å². The summed E-state index contributed by atoms with van der Waals surface area (Å²) in [6.45, 7) is 4.25. The van der Waals surface area contributed by atoms with Crippen LogP contribution in [0.2, 0.25) is 0 Å². The van der Waals surface area contributed by atoms with E-state index < -0.39 is 0 Å².